The molecule has 0 aromatic carbocycles. The van der Waals surface area contributed by atoms with E-state index in [4.69, 9.17) is 5.10 Å². The minimum Gasteiger partial charge on any atom is -0.308 e. The Morgan fingerprint density at radius 1 is 1.00 bits per heavy atom. The number of hydrogen-bond donors (Lipinski definition) is 1. The zero-order valence-corrected chi connectivity index (χ0v) is 12.4. The predicted octanol–water partition coefficient (Wildman–Crippen LogP) is 2.50. The molecule has 21 heavy (non-hydrogen) atoms. The SMILES string of the molecule is c1cn(Cc2ccn(C3CCCC3)n2)nc1CNC1CC1. The molecule has 0 atom stereocenters. The Labute approximate surface area is 125 Å². The Morgan fingerprint density at radius 2 is 1.81 bits per heavy atom. The van der Waals surface area contributed by atoms with Crippen LogP contribution in [0, 0.1) is 0 Å². The summed E-state index contributed by atoms with van der Waals surface area (Å²) in [5, 5.41) is 12.8. The molecule has 0 saturated heterocycles. The van der Waals surface area contributed by atoms with Gasteiger partial charge in [-0.05, 0) is 37.8 Å². The highest BCUT2D eigenvalue weighted by atomic mass is 15.3. The van der Waals surface area contributed by atoms with Crippen LogP contribution in [0.15, 0.2) is 24.5 Å². The Morgan fingerprint density at radius 3 is 2.62 bits per heavy atom. The molecule has 0 unspecified atom stereocenters. The fourth-order valence-corrected chi connectivity index (χ4v) is 3.12. The second-order valence-electron chi connectivity index (χ2n) is 6.39. The van der Waals surface area contributed by atoms with Gasteiger partial charge in [-0.2, -0.15) is 10.2 Å². The summed E-state index contributed by atoms with van der Waals surface area (Å²) in [6.45, 7) is 1.65. The minimum absolute atomic E-state index is 0.620. The fourth-order valence-electron chi connectivity index (χ4n) is 3.12. The van der Waals surface area contributed by atoms with E-state index in [9.17, 15) is 0 Å². The monoisotopic (exact) mass is 285 g/mol. The fraction of sp³-hybridized carbons (Fsp3) is 0.625. The molecule has 112 valence electrons. The molecule has 0 radical (unpaired) electrons. The lowest BCUT2D eigenvalue weighted by Crippen LogP contribution is -2.16. The van der Waals surface area contributed by atoms with E-state index in [1.54, 1.807) is 0 Å². The Balaban J connectivity index is 1.36. The number of hydrogen-bond acceptors (Lipinski definition) is 3. The molecule has 2 aromatic rings. The molecule has 2 aromatic heterocycles. The van der Waals surface area contributed by atoms with Gasteiger partial charge < -0.3 is 5.32 Å². The van der Waals surface area contributed by atoms with Crippen LogP contribution < -0.4 is 5.32 Å². The molecule has 2 aliphatic carbocycles. The predicted molar refractivity (Wildman–Crippen MR) is 80.9 cm³/mol. The standard InChI is InChI=1S/C16H23N5/c1-2-4-16(3-1)21-10-8-15(19-21)12-20-9-7-14(18-20)11-17-13-5-6-13/h7-10,13,16-17H,1-6,11-12H2. The number of rotatable bonds is 6. The van der Waals surface area contributed by atoms with Gasteiger partial charge >= 0.3 is 0 Å². The highest BCUT2D eigenvalue weighted by Gasteiger charge is 2.20. The summed E-state index contributed by atoms with van der Waals surface area (Å²) in [4.78, 5) is 0. The molecule has 1 N–H and O–H groups in total. The van der Waals surface area contributed by atoms with Crippen molar-refractivity contribution in [2.45, 2.75) is 63.7 Å². The second-order valence-corrected chi connectivity index (χ2v) is 6.39. The Hall–Kier alpha value is -1.62. The van der Waals surface area contributed by atoms with Crippen LogP contribution in [0.1, 0.15) is 56.0 Å². The first-order chi connectivity index (χ1) is 10.4. The third kappa shape index (κ3) is 3.18. The molecule has 2 heterocycles. The molecule has 0 spiro atoms. The van der Waals surface area contributed by atoms with E-state index in [-0.39, 0.29) is 0 Å². The minimum atomic E-state index is 0.620. The van der Waals surface area contributed by atoms with Gasteiger partial charge in [0.2, 0.25) is 0 Å². The lowest BCUT2D eigenvalue weighted by Gasteiger charge is -2.08. The zero-order chi connectivity index (χ0) is 14.1. The first kappa shape index (κ1) is 13.1. The molecule has 5 nitrogen and oxygen atoms in total. The summed E-state index contributed by atoms with van der Waals surface area (Å²) >= 11 is 0. The normalized spacial score (nSPS) is 19.4. The van der Waals surface area contributed by atoms with Gasteiger partial charge in [0.25, 0.3) is 0 Å². The first-order valence-corrected chi connectivity index (χ1v) is 8.16. The van der Waals surface area contributed by atoms with Crippen LogP contribution in [0.25, 0.3) is 0 Å². The van der Waals surface area contributed by atoms with E-state index in [1.807, 2.05) is 4.68 Å². The molecule has 2 saturated carbocycles. The zero-order valence-electron chi connectivity index (χ0n) is 12.4. The smallest absolute Gasteiger partial charge is 0.0849 e. The Kier molecular flexibility index (Phi) is 3.51. The largest absolute Gasteiger partial charge is 0.308 e. The maximum atomic E-state index is 4.72. The average Bonchev–Trinajstić information content (AvgIpc) is 2.93. The van der Waals surface area contributed by atoms with Crippen molar-refractivity contribution in [1.29, 1.82) is 0 Å². The maximum absolute atomic E-state index is 4.72. The Bertz CT molecular complexity index is 589. The molecule has 0 aliphatic heterocycles. The van der Waals surface area contributed by atoms with Crippen molar-refractivity contribution in [3.8, 4) is 0 Å². The third-order valence-electron chi connectivity index (χ3n) is 4.53. The lowest BCUT2D eigenvalue weighted by atomic mass is 10.3. The summed E-state index contributed by atoms with van der Waals surface area (Å²) < 4.78 is 4.15. The number of aromatic nitrogens is 4. The van der Waals surface area contributed by atoms with E-state index in [0.717, 1.165) is 30.5 Å². The topological polar surface area (TPSA) is 47.7 Å². The van der Waals surface area contributed by atoms with Crippen LogP contribution in [-0.4, -0.2) is 25.6 Å². The van der Waals surface area contributed by atoms with Crippen LogP contribution in [0.3, 0.4) is 0 Å². The van der Waals surface area contributed by atoms with Gasteiger partial charge in [-0.3, -0.25) is 9.36 Å². The molecule has 2 aliphatic rings. The van der Waals surface area contributed by atoms with Crippen molar-refractivity contribution in [3.05, 3.63) is 35.9 Å². The van der Waals surface area contributed by atoms with E-state index in [1.165, 1.54) is 38.5 Å². The van der Waals surface area contributed by atoms with Crippen LogP contribution in [0.4, 0.5) is 0 Å². The maximum Gasteiger partial charge on any atom is 0.0849 e. The van der Waals surface area contributed by atoms with Crippen molar-refractivity contribution in [3.63, 3.8) is 0 Å². The summed E-state index contributed by atoms with van der Waals surface area (Å²) in [7, 11) is 0. The van der Waals surface area contributed by atoms with E-state index >= 15 is 0 Å². The summed E-state index contributed by atoms with van der Waals surface area (Å²) in [5.74, 6) is 0. The van der Waals surface area contributed by atoms with Gasteiger partial charge in [-0.15, -0.1) is 0 Å². The average molecular weight is 285 g/mol. The molecule has 4 rings (SSSR count). The second kappa shape index (κ2) is 5.64. The molecule has 5 heteroatoms. The van der Waals surface area contributed by atoms with Gasteiger partial charge in [-0.25, -0.2) is 0 Å². The van der Waals surface area contributed by atoms with Gasteiger partial charge in [0.1, 0.15) is 0 Å². The van der Waals surface area contributed by atoms with Crippen molar-refractivity contribution in [2.75, 3.05) is 0 Å². The molecule has 0 bridgehead atoms. The van der Waals surface area contributed by atoms with Gasteiger partial charge in [0.05, 0.1) is 24.0 Å². The van der Waals surface area contributed by atoms with Crippen molar-refractivity contribution >= 4 is 0 Å². The van der Waals surface area contributed by atoms with E-state index < -0.39 is 0 Å². The quantitative estimate of drug-likeness (QED) is 0.887. The van der Waals surface area contributed by atoms with Crippen molar-refractivity contribution < 1.29 is 0 Å². The summed E-state index contributed by atoms with van der Waals surface area (Å²) in [6, 6.07) is 5.58. The van der Waals surface area contributed by atoms with Crippen LogP contribution in [-0.2, 0) is 13.1 Å². The van der Waals surface area contributed by atoms with Crippen molar-refractivity contribution in [1.82, 2.24) is 24.9 Å². The molecule has 2 fully saturated rings. The van der Waals surface area contributed by atoms with Crippen LogP contribution >= 0.6 is 0 Å². The lowest BCUT2D eigenvalue weighted by molar-refractivity contribution is 0.460. The van der Waals surface area contributed by atoms with E-state index in [2.05, 4.69) is 39.6 Å². The summed E-state index contributed by atoms with van der Waals surface area (Å²) in [5.41, 5.74) is 2.23. The third-order valence-corrected chi connectivity index (χ3v) is 4.53. The van der Waals surface area contributed by atoms with Gasteiger partial charge in [0.15, 0.2) is 0 Å². The highest BCUT2D eigenvalue weighted by molar-refractivity contribution is 5.04. The molecule has 0 amide bonds. The van der Waals surface area contributed by atoms with Crippen molar-refractivity contribution in [2.24, 2.45) is 0 Å². The number of nitrogens with one attached hydrogen (secondary N) is 1. The van der Waals surface area contributed by atoms with Gasteiger partial charge in [0, 0.05) is 25.0 Å². The first-order valence-electron chi connectivity index (χ1n) is 8.16. The summed E-state index contributed by atoms with van der Waals surface area (Å²) in [6.07, 6.45) is 12.1. The van der Waals surface area contributed by atoms with E-state index in [0.29, 0.717) is 6.04 Å². The van der Waals surface area contributed by atoms with Gasteiger partial charge in [-0.1, -0.05) is 12.8 Å². The highest BCUT2D eigenvalue weighted by Crippen LogP contribution is 2.28. The molecular weight excluding hydrogens is 262 g/mol. The van der Waals surface area contributed by atoms with Crippen LogP contribution in [0.2, 0.25) is 0 Å². The van der Waals surface area contributed by atoms with Crippen LogP contribution in [0.5, 0.6) is 0 Å². The number of nitrogens with zero attached hydrogens (tertiary/aromatic N) is 4. The molecular formula is C16H23N5.